The zero-order valence-electron chi connectivity index (χ0n) is 19.8. The molecule has 1 atom stereocenters. The highest BCUT2D eigenvalue weighted by Gasteiger charge is 2.43. The van der Waals surface area contributed by atoms with E-state index >= 15 is 0 Å². The summed E-state index contributed by atoms with van der Waals surface area (Å²) in [5.74, 6) is 0.926. The summed E-state index contributed by atoms with van der Waals surface area (Å²) >= 11 is 0. The van der Waals surface area contributed by atoms with Gasteiger partial charge in [0, 0.05) is 18.9 Å². The van der Waals surface area contributed by atoms with E-state index in [0.717, 1.165) is 11.1 Å². The molecule has 35 heavy (non-hydrogen) atoms. The van der Waals surface area contributed by atoms with E-state index in [0.29, 0.717) is 33.8 Å². The third kappa shape index (κ3) is 3.67. The zero-order chi connectivity index (χ0) is 24.7. The summed E-state index contributed by atoms with van der Waals surface area (Å²) in [7, 11) is 4.56. The number of ether oxygens (including phenoxy) is 3. The SMILES string of the molecule is COc1cc([C@H]2c3c(oc4ccc(C)cc4c3=O)C(=O)N2Cc2cccnc2)cc(OC)c1OC. The number of rotatable bonds is 6. The molecular formula is C27H24N2O6. The van der Waals surface area contributed by atoms with Gasteiger partial charge in [-0.25, -0.2) is 0 Å². The highest BCUT2D eigenvalue weighted by Crippen LogP contribution is 2.45. The molecule has 0 radical (unpaired) electrons. The first-order valence-electron chi connectivity index (χ1n) is 11.0. The summed E-state index contributed by atoms with van der Waals surface area (Å²) in [4.78, 5) is 33.2. The lowest BCUT2D eigenvalue weighted by Crippen LogP contribution is -2.29. The van der Waals surface area contributed by atoms with E-state index in [9.17, 15) is 9.59 Å². The monoisotopic (exact) mass is 472 g/mol. The van der Waals surface area contributed by atoms with Crippen LogP contribution in [0.4, 0.5) is 0 Å². The largest absolute Gasteiger partial charge is 0.493 e. The molecule has 0 saturated carbocycles. The molecule has 5 rings (SSSR count). The number of pyridine rings is 1. The molecule has 8 heteroatoms. The van der Waals surface area contributed by atoms with Crippen molar-refractivity contribution < 1.29 is 23.4 Å². The third-order valence-corrected chi connectivity index (χ3v) is 6.20. The van der Waals surface area contributed by atoms with Crippen LogP contribution in [0.2, 0.25) is 0 Å². The Hall–Kier alpha value is -4.33. The Morgan fingerprint density at radius 3 is 2.37 bits per heavy atom. The van der Waals surface area contributed by atoms with Gasteiger partial charge in [-0.3, -0.25) is 14.6 Å². The first-order valence-corrected chi connectivity index (χ1v) is 11.0. The number of carbonyl (C=O) groups excluding carboxylic acids is 1. The van der Waals surface area contributed by atoms with Crippen molar-refractivity contribution in [2.45, 2.75) is 19.5 Å². The minimum atomic E-state index is -0.729. The van der Waals surface area contributed by atoms with Gasteiger partial charge in [0.1, 0.15) is 5.58 Å². The Morgan fingerprint density at radius 1 is 1.00 bits per heavy atom. The lowest BCUT2D eigenvalue weighted by molar-refractivity contribution is 0.0713. The van der Waals surface area contributed by atoms with Gasteiger partial charge in [0.2, 0.25) is 11.5 Å². The van der Waals surface area contributed by atoms with Crippen molar-refractivity contribution in [3.63, 3.8) is 0 Å². The lowest BCUT2D eigenvalue weighted by Gasteiger charge is -2.26. The molecule has 0 unspecified atom stereocenters. The Morgan fingerprint density at radius 2 is 1.74 bits per heavy atom. The number of hydrogen-bond acceptors (Lipinski definition) is 7. The molecule has 1 aliphatic rings. The van der Waals surface area contributed by atoms with Crippen LogP contribution in [0.3, 0.4) is 0 Å². The zero-order valence-corrected chi connectivity index (χ0v) is 19.8. The number of aromatic nitrogens is 1. The Labute approximate surface area is 201 Å². The predicted octanol–water partition coefficient (Wildman–Crippen LogP) is 4.27. The van der Waals surface area contributed by atoms with Gasteiger partial charge in [-0.05, 0) is 48.4 Å². The van der Waals surface area contributed by atoms with Crippen LogP contribution in [-0.2, 0) is 6.54 Å². The smallest absolute Gasteiger partial charge is 0.291 e. The molecule has 0 bridgehead atoms. The number of carbonyl (C=O) groups is 1. The summed E-state index contributed by atoms with van der Waals surface area (Å²) < 4.78 is 22.6. The third-order valence-electron chi connectivity index (χ3n) is 6.20. The molecule has 0 saturated heterocycles. The van der Waals surface area contributed by atoms with E-state index in [4.69, 9.17) is 18.6 Å². The quantitative estimate of drug-likeness (QED) is 0.414. The fraction of sp³-hybridized carbons (Fsp3) is 0.222. The summed E-state index contributed by atoms with van der Waals surface area (Å²) in [5.41, 5.74) is 2.79. The Kier molecular flexibility index (Phi) is 5.64. The van der Waals surface area contributed by atoms with Crippen molar-refractivity contribution in [3.8, 4) is 17.2 Å². The first-order chi connectivity index (χ1) is 17.0. The van der Waals surface area contributed by atoms with E-state index < -0.39 is 6.04 Å². The van der Waals surface area contributed by atoms with Crippen LogP contribution in [0.25, 0.3) is 11.0 Å². The van der Waals surface area contributed by atoms with Crippen LogP contribution < -0.4 is 19.6 Å². The number of benzene rings is 2. The summed E-state index contributed by atoms with van der Waals surface area (Å²) in [6.07, 6.45) is 3.36. The highest BCUT2D eigenvalue weighted by molar-refractivity contribution is 5.99. The predicted molar refractivity (Wildman–Crippen MR) is 129 cm³/mol. The average Bonchev–Trinajstić information content (AvgIpc) is 3.15. The number of methoxy groups -OCH3 is 3. The van der Waals surface area contributed by atoms with E-state index in [1.807, 2.05) is 19.1 Å². The molecular weight excluding hydrogens is 448 g/mol. The maximum absolute atomic E-state index is 13.8. The van der Waals surface area contributed by atoms with Gasteiger partial charge in [-0.1, -0.05) is 17.7 Å². The van der Waals surface area contributed by atoms with Gasteiger partial charge < -0.3 is 23.5 Å². The molecule has 8 nitrogen and oxygen atoms in total. The Bertz CT molecular complexity index is 1470. The van der Waals surface area contributed by atoms with Crippen LogP contribution in [-0.4, -0.2) is 37.1 Å². The van der Waals surface area contributed by atoms with Crippen molar-refractivity contribution in [2.75, 3.05) is 21.3 Å². The molecule has 2 aromatic heterocycles. The molecule has 178 valence electrons. The topological polar surface area (TPSA) is 91.1 Å². The molecule has 1 aliphatic heterocycles. The average molecular weight is 472 g/mol. The van der Waals surface area contributed by atoms with Crippen LogP contribution >= 0.6 is 0 Å². The van der Waals surface area contributed by atoms with E-state index in [2.05, 4.69) is 4.98 Å². The number of amides is 1. The van der Waals surface area contributed by atoms with Crippen LogP contribution in [0.5, 0.6) is 17.2 Å². The highest BCUT2D eigenvalue weighted by atomic mass is 16.5. The molecule has 0 N–H and O–H groups in total. The van der Waals surface area contributed by atoms with Crippen molar-refractivity contribution in [1.29, 1.82) is 0 Å². The second-order valence-corrected chi connectivity index (χ2v) is 8.33. The van der Waals surface area contributed by atoms with Crippen molar-refractivity contribution >= 4 is 16.9 Å². The minimum Gasteiger partial charge on any atom is -0.493 e. The van der Waals surface area contributed by atoms with Gasteiger partial charge in [0.05, 0.1) is 38.3 Å². The second-order valence-electron chi connectivity index (χ2n) is 8.33. The van der Waals surface area contributed by atoms with Crippen LogP contribution in [0.1, 0.15) is 38.9 Å². The van der Waals surface area contributed by atoms with Gasteiger partial charge >= 0.3 is 0 Å². The number of nitrogens with zero attached hydrogens (tertiary/aromatic N) is 2. The summed E-state index contributed by atoms with van der Waals surface area (Å²) in [6.45, 7) is 2.13. The maximum Gasteiger partial charge on any atom is 0.291 e. The van der Waals surface area contributed by atoms with Gasteiger partial charge in [0.15, 0.2) is 16.9 Å². The van der Waals surface area contributed by atoms with E-state index in [1.54, 1.807) is 47.6 Å². The molecule has 0 aliphatic carbocycles. The molecule has 0 fully saturated rings. The van der Waals surface area contributed by atoms with E-state index in [-0.39, 0.29) is 29.2 Å². The number of hydrogen-bond donors (Lipinski definition) is 0. The molecule has 3 heterocycles. The number of aryl methyl sites for hydroxylation is 1. The summed E-state index contributed by atoms with van der Waals surface area (Å²) in [5, 5.41) is 0.428. The van der Waals surface area contributed by atoms with Crippen molar-refractivity contribution in [2.24, 2.45) is 0 Å². The standard InChI is InChI=1S/C27H24N2O6/c1-15-7-8-19-18(10-15)24(30)22-23(17-11-20(32-2)25(34-4)21(12-17)33-3)29(27(31)26(22)35-19)14-16-6-5-9-28-13-16/h5-13,23H,14H2,1-4H3/t23-/m0/s1. The normalized spacial score (nSPS) is 14.8. The molecule has 4 aromatic rings. The fourth-order valence-corrected chi connectivity index (χ4v) is 4.59. The van der Waals surface area contributed by atoms with Crippen LogP contribution in [0.15, 0.2) is 64.1 Å². The lowest BCUT2D eigenvalue weighted by atomic mass is 9.97. The first kappa shape index (κ1) is 22.5. The second kappa shape index (κ2) is 8.79. The van der Waals surface area contributed by atoms with Gasteiger partial charge in [-0.15, -0.1) is 0 Å². The summed E-state index contributed by atoms with van der Waals surface area (Å²) in [6, 6.07) is 11.8. The molecule has 1 amide bonds. The van der Waals surface area contributed by atoms with Gasteiger partial charge in [-0.2, -0.15) is 0 Å². The van der Waals surface area contributed by atoms with Crippen molar-refractivity contribution in [3.05, 3.63) is 93.1 Å². The van der Waals surface area contributed by atoms with Crippen molar-refractivity contribution in [1.82, 2.24) is 9.88 Å². The number of fused-ring (bicyclic) bond motifs is 2. The Balaban J connectivity index is 1.78. The molecule has 0 spiro atoms. The van der Waals surface area contributed by atoms with Gasteiger partial charge in [0.25, 0.3) is 5.91 Å². The fourth-order valence-electron chi connectivity index (χ4n) is 4.59. The van der Waals surface area contributed by atoms with E-state index in [1.165, 1.54) is 21.3 Å². The minimum absolute atomic E-state index is 0.0361. The maximum atomic E-state index is 13.8. The van der Waals surface area contributed by atoms with Crippen LogP contribution in [0, 0.1) is 6.92 Å². The molecule has 2 aromatic carbocycles.